The minimum Gasteiger partial charge on any atom is -0.464 e. The highest BCUT2D eigenvalue weighted by atomic mass is 16.3. The fourth-order valence-corrected chi connectivity index (χ4v) is 3.58. The number of benzene rings is 1. The molecule has 1 amide bonds. The van der Waals surface area contributed by atoms with Crippen LogP contribution < -0.4 is 5.32 Å². The third-order valence-electron chi connectivity index (χ3n) is 5.03. The van der Waals surface area contributed by atoms with Crippen molar-refractivity contribution >= 4 is 16.9 Å². The summed E-state index contributed by atoms with van der Waals surface area (Å²) in [6, 6.07) is 11.5. The third-order valence-corrected chi connectivity index (χ3v) is 5.03. The standard InChI is InChI=1S/C21H22N2O3/c1-13-12-19-18(10-11-26-19)20(22-13)14-2-4-15(5-3-14)21(25)23-16-6-8-17(24)9-7-16/h2-5,10-12,16-17,24H,6-9H2,1H3,(H,23,25)/t16-,17-. The topological polar surface area (TPSA) is 75.4 Å². The maximum atomic E-state index is 12.5. The van der Waals surface area contributed by atoms with Crippen LogP contribution in [-0.4, -0.2) is 28.1 Å². The highest BCUT2D eigenvalue weighted by Crippen LogP contribution is 2.28. The van der Waals surface area contributed by atoms with Crippen LogP contribution in [0.3, 0.4) is 0 Å². The Morgan fingerprint density at radius 1 is 1.15 bits per heavy atom. The molecule has 5 nitrogen and oxygen atoms in total. The number of hydrogen-bond donors (Lipinski definition) is 2. The molecule has 1 aliphatic carbocycles. The van der Waals surface area contributed by atoms with E-state index < -0.39 is 0 Å². The first-order valence-electron chi connectivity index (χ1n) is 9.04. The van der Waals surface area contributed by atoms with E-state index in [2.05, 4.69) is 10.3 Å². The zero-order valence-corrected chi connectivity index (χ0v) is 14.7. The van der Waals surface area contributed by atoms with Gasteiger partial charge in [0.05, 0.1) is 18.1 Å². The molecule has 0 saturated heterocycles. The molecule has 1 fully saturated rings. The van der Waals surface area contributed by atoms with Crippen molar-refractivity contribution in [1.29, 1.82) is 0 Å². The number of aliphatic hydroxyl groups excluding tert-OH is 1. The molecule has 0 atom stereocenters. The minimum atomic E-state index is -0.218. The number of nitrogens with zero attached hydrogens (tertiary/aromatic N) is 1. The van der Waals surface area contributed by atoms with Crippen LogP contribution in [0.4, 0.5) is 0 Å². The van der Waals surface area contributed by atoms with Gasteiger partial charge in [0.2, 0.25) is 0 Å². The van der Waals surface area contributed by atoms with E-state index in [-0.39, 0.29) is 18.1 Å². The molecule has 2 N–H and O–H groups in total. The number of carbonyl (C=O) groups is 1. The molecule has 0 bridgehead atoms. The Labute approximate surface area is 152 Å². The van der Waals surface area contributed by atoms with E-state index >= 15 is 0 Å². The van der Waals surface area contributed by atoms with Gasteiger partial charge in [-0.25, -0.2) is 0 Å². The van der Waals surface area contributed by atoms with Gasteiger partial charge < -0.3 is 14.8 Å². The van der Waals surface area contributed by atoms with Crippen LogP contribution in [-0.2, 0) is 0 Å². The van der Waals surface area contributed by atoms with Gasteiger partial charge in [-0.2, -0.15) is 0 Å². The molecule has 0 aliphatic heterocycles. The van der Waals surface area contributed by atoms with Crippen LogP contribution in [0.5, 0.6) is 0 Å². The lowest BCUT2D eigenvalue weighted by atomic mass is 9.93. The molecule has 1 saturated carbocycles. The summed E-state index contributed by atoms with van der Waals surface area (Å²) in [6.07, 6.45) is 4.61. The number of aromatic nitrogens is 1. The Hall–Kier alpha value is -2.66. The zero-order valence-electron chi connectivity index (χ0n) is 14.7. The number of aliphatic hydroxyl groups is 1. The summed E-state index contributed by atoms with van der Waals surface area (Å²) in [4.78, 5) is 17.1. The second-order valence-electron chi connectivity index (χ2n) is 7.00. The summed E-state index contributed by atoms with van der Waals surface area (Å²) >= 11 is 0. The first-order chi connectivity index (χ1) is 12.6. The molecule has 0 radical (unpaired) electrons. The molecule has 4 rings (SSSR count). The van der Waals surface area contributed by atoms with Crippen LogP contribution >= 0.6 is 0 Å². The maximum Gasteiger partial charge on any atom is 0.251 e. The molecule has 0 spiro atoms. The minimum absolute atomic E-state index is 0.0661. The lowest BCUT2D eigenvalue weighted by Gasteiger charge is -2.26. The third kappa shape index (κ3) is 3.35. The van der Waals surface area contributed by atoms with E-state index in [1.54, 1.807) is 6.26 Å². The van der Waals surface area contributed by atoms with Crippen molar-refractivity contribution in [3.05, 3.63) is 53.9 Å². The van der Waals surface area contributed by atoms with Crippen LogP contribution in [0.15, 0.2) is 47.1 Å². The number of furan rings is 1. The molecule has 26 heavy (non-hydrogen) atoms. The predicted octanol–water partition coefficient (Wildman–Crippen LogP) is 3.84. The lowest BCUT2D eigenvalue weighted by Crippen LogP contribution is -2.38. The first-order valence-corrected chi connectivity index (χ1v) is 9.04. The van der Waals surface area contributed by atoms with Gasteiger partial charge in [-0.05, 0) is 50.8 Å². The number of pyridine rings is 1. The second kappa shape index (κ2) is 6.92. The van der Waals surface area contributed by atoms with E-state index in [4.69, 9.17) is 4.42 Å². The average molecular weight is 350 g/mol. The van der Waals surface area contributed by atoms with Crippen molar-refractivity contribution in [2.45, 2.75) is 44.8 Å². The molecule has 1 aliphatic rings. The Balaban J connectivity index is 1.53. The monoisotopic (exact) mass is 350 g/mol. The summed E-state index contributed by atoms with van der Waals surface area (Å²) in [5.74, 6) is -0.0661. The number of nitrogens with one attached hydrogen (secondary N) is 1. The van der Waals surface area contributed by atoms with Crippen LogP contribution in [0, 0.1) is 6.92 Å². The van der Waals surface area contributed by atoms with Gasteiger partial charge in [0.15, 0.2) is 0 Å². The molecular formula is C21H22N2O3. The molecule has 2 aromatic heterocycles. The van der Waals surface area contributed by atoms with E-state index in [9.17, 15) is 9.90 Å². The maximum absolute atomic E-state index is 12.5. The molecule has 1 aromatic carbocycles. The number of carbonyl (C=O) groups excluding carboxylic acids is 1. The lowest BCUT2D eigenvalue weighted by molar-refractivity contribution is 0.0867. The normalized spacial score (nSPS) is 20.2. The Bertz CT molecular complexity index is 922. The second-order valence-corrected chi connectivity index (χ2v) is 7.00. The fraction of sp³-hybridized carbons (Fsp3) is 0.333. The number of rotatable bonds is 3. The van der Waals surface area contributed by atoms with E-state index in [0.29, 0.717) is 5.56 Å². The van der Waals surface area contributed by atoms with Crippen LogP contribution in [0.25, 0.3) is 22.2 Å². The largest absolute Gasteiger partial charge is 0.464 e. The van der Waals surface area contributed by atoms with Gasteiger partial charge in [-0.3, -0.25) is 9.78 Å². The van der Waals surface area contributed by atoms with E-state index in [1.165, 1.54) is 0 Å². The summed E-state index contributed by atoms with van der Waals surface area (Å²) in [6.45, 7) is 1.94. The molecule has 134 valence electrons. The van der Waals surface area contributed by atoms with Gasteiger partial charge >= 0.3 is 0 Å². The van der Waals surface area contributed by atoms with Gasteiger partial charge in [-0.1, -0.05) is 12.1 Å². The Morgan fingerprint density at radius 2 is 1.88 bits per heavy atom. The summed E-state index contributed by atoms with van der Waals surface area (Å²) in [7, 11) is 0. The molecule has 0 unspecified atom stereocenters. The highest BCUT2D eigenvalue weighted by Gasteiger charge is 2.21. The van der Waals surface area contributed by atoms with E-state index in [1.807, 2.05) is 43.3 Å². The molecular weight excluding hydrogens is 328 g/mol. The summed E-state index contributed by atoms with van der Waals surface area (Å²) in [5.41, 5.74) is 4.16. The Kier molecular flexibility index (Phi) is 4.47. The van der Waals surface area contributed by atoms with Crippen molar-refractivity contribution in [3.8, 4) is 11.3 Å². The number of hydrogen-bond acceptors (Lipinski definition) is 4. The van der Waals surface area contributed by atoms with Gasteiger partial charge in [0, 0.05) is 34.3 Å². The summed E-state index contributed by atoms with van der Waals surface area (Å²) < 4.78 is 5.49. The number of fused-ring (bicyclic) bond motifs is 1. The molecule has 2 heterocycles. The van der Waals surface area contributed by atoms with Crippen molar-refractivity contribution in [3.63, 3.8) is 0 Å². The highest BCUT2D eigenvalue weighted by molar-refractivity contribution is 5.96. The smallest absolute Gasteiger partial charge is 0.251 e. The average Bonchev–Trinajstić information content (AvgIpc) is 3.11. The molecule has 3 aromatic rings. The van der Waals surface area contributed by atoms with Gasteiger partial charge in [-0.15, -0.1) is 0 Å². The zero-order chi connectivity index (χ0) is 18.1. The predicted molar refractivity (Wildman–Crippen MR) is 99.9 cm³/mol. The number of amides is 1. The van der Waals surface area contributed by atoms with Gasteiger partial charge in [0.25, 0.3) is 5.91 Å². The van der Waals surface area contributed by atoms with Crippen molar-refractivity contribution in [2.75, 3.05) is 0 Å². The Morgan fingerprint density at radius 3 is 2.62 bits per heavy atom. The van der Waals surface area contributed by atoms with Crippen molar-refractivity contribution < 1.29 is 14.3 Å². The van der Waals surface area contributed by atoms with Gasteiger partial charge in [0.1, 0.15) is 5.58 Å². The van der Waals surface area contributed by atoms with Crippen molar-refractivity contribution in [2.24, 2.45) is 0 Å². The van der Waals surface area contributed by atoms with Crippen LogP contribution in [0.2, 0.25) is 0 Å². The van der Waals surface area contributed by atoms with Crippen molar-refractivity contribution in [1.82, 2.24) is 10.3 Å². The summed E-state index contributed by atoms with van der Waals surface area (Å²) in [5, 5.41) is 13.6. The number of aryl methyl sites for hydroxylation is 1. The SMILES string of the molecule is Cc1cc2occc2c(-c2ccc(C(=O)N[C@H]3CC[C@H](O)CC3)cc2)n1. The quantitative estimate of drug-likeness (QED) is 0.753. The molecule has 5 heteroatoms. The fourth-order valence-electron chi connectivity index (χ4n) is 3.58. The van der Waals surface area contributed by atoms with Crippen LogP contribution in [0.1, 0.15) is 41.7 Å². The first kappa shape index (κ1) is 16.8. The van der Waals surface area contributed by atoms with E-state index in [0.717, 1.165) is 53.6 Å².